The van der Waals surface area contributed by atoms with E-state index in [4.69, 9.17) is 0 Å². The average molecular weight is 207 g/mol. The molecule has 0 aliphatic rings. The van der Waals surface area contributed by atoms with E-state index in [1.807, 2.05) is 19.1 Å². The molecule has 0 unspecified atom stereocenters. The zero-order valence-corrected chi connectivity index (χ0v) is 8.74. The molecule has 0 saturated heterocycles. The number of hydrogen-bond acceptors (Lipinski definition) is 3. The van der Waals surface area contributed by atoms with Crippen LogP contribution in [0.5, 0.6) is 0 Å². The number of nitrogens with one attached hydrogen (secondary N) is 1. The highest BCUT2D eigenvalue weighted by atomic mass is 16.7. The molecule has 0 heterocycles. The minimum atomic E-state index is -0.544. The van der Waals surface area contributed by atoms with Crippen LogP contribution in [-0.4, -0.2) is 11.9 Å². The first-order valence-corrected chi connectivity index (χ1v) is 4.70. The highest BCUT2D eigenvalue weighted by Gasteiger charge is 2.10. The highest BCUT2D eigenvalue weighted by molar-refractivity contribution is 5.95. The molecule has 0 spiro atoms. The van der Waals surface area contributed by atoms with Crippen molar-refractivity contribution in [3.63, 3.8) is 0 Å². The zero-order chi connectivity index (χ0) is 11.3. The number of aryl methyl sites for hydroxylation is 1. The summed E-state index contributed by atoms with van der Waals surface area (Å²) in [5.41, 5.74) is 3.53. The Labute approximate surface area is 88.2 Å². The Morgan fingerprint density at radius 1 is 1.33 bits per heavy atom. The van der Waals surface area contributed by atoms with Crippen molar-refractivity contribution in [1.82, 2.24) is 5.48 Å². The number of benzene rings is 1. The first-order chi connectivity index (χ1) is 7.15. The quantitative estimate of drug-likeness (QED) is 0.747. The molecule has 0 fully saturated rings. The van der Waals surface area contributed by atoms with Crippen LogP contribution in [0.3, 0.4) is 0 Å². The molecule has 1 N–H and O–H groups in total. The lowest BCUT2D eigenvalue weighted by atomic mass is 10.1. The average Bonchev–Trinajstić information content (AvgIpc) is 2.25. The normalized spacial score (nSPS) is 9.47. The summed E-state index contributed by atoms with van der Waals surface area (Å²) < 4.78 is 0. The SMILES string of the molecule is CCc1ccccc1C(=O)NOC(C)=O. The molecule has 1 rings (SSSR count). The molecule has 1 aromatic rings. The molecule has 0 aromatic heterocycles. The summed E-state index contributed by atoms with van der Waals surface area (Å²) in [6.45, 7) is 3.18. The van der Waals surface area contributed by atoms with Gasteiger partial charge in [0.25, 0.3) is 5.91 Å². The maximum atomic E-state index is 11.5. The van der Waals surface area contributed by atoms with Gasteiger partial charge < -0.3 is 4.84 Å². The van der Waals surface area contributed by atoms with Crippen LogP contribution in [0.1, 0.15) is 29.8 Å². The number of carbonyl (C=O) groups excluding carboxylic acids is 2. The molecule has 4 heteroatoms. The van der Waals surface area contributed by atoms with Crippen LogP contribution in [0.2, 0.25) is 0 Å². The standard InChI is InChI=1S/C11H13NO3/c1-3-9-6-4-5-7-10(9)11(14)12-15-8(2)13/h4-7H,3H2,1-2H3,(H,12,14). The summed E-state index contributed by atoms with van der Waals surface area (Å²) in [5.74, 6) is -0.944. The van der Waals surface area contributed by atoms with Crippen molar-refractivity contribution in [1.29, 1.82) is 0 Å². The number of carbonyl (C=O) groups is 2. The van der Waals surface area contributed by atoms with Crippen molar-refractivity contribution in [2.75, 3.05) is 0 Å². The fourth-order valence-electron chi connectivity index (χ4n) is 1.22. The maximum absolute atomic E-state index is 11.5. The minimum Gasteiger partial charge on any atom is -0.341 e. The van der Waals surface area contributed by atoms with E-state index < -0.39 is 11.9 Å². The van der Waals surface area contributed by atoms with Crippen molar-refractivity contribution in [3.8, 4) is 0 Å². The molecular formula is C11H13NO3. The van der Waals surface area contributed by atoms with E-state index in [9.17, 15) is 9.59 Å². The van der Waals surface area contributed by atoms with Gasteiger partial charge in [0.2, 0.25) is 0 Å². The van der Waals surface area contributed by atoms with E-state index in [-0.39, 0.29) is 0 Å². The Hall–Kier alpha value is -1.84. The molecule has 0 aliphatic heterocycles. The van der Waals surface area contributed by atoms with Gasteiger partial charge in [-0.15, -0.1) is 0 Å². The molecule has 1 amide bonds. The molecule has 0 radical (unpaired) electrons. The minimum absolute atomic E-state index is 0.400. The molecule has 0 bridgehead atoms. The second-order valence-electron chi connectivity index (χ2n) is 3.04. The van der Waals surface area contributed by atoms with Gasteiger partial charge in [0.15, 0.2) is 0 Å². The van der Waals surface area contributed by atoms with E-state index in [0.717, 1.165) is 12.0 Å². The number of amides is 1. The summed E-state index contributed by atoms with van der Waals surface area (Å²) in [7, 11) is 0. The van der Waals surface area contributed by atoms with Crippen molar-refractivity contribution in [2.24, 2.45) is 0 Å². The van der Waals surface area contributed by atoms with Crippen LogP contribution < -0.4 is 5.48 Å². The number of hydrogen-bond donors (Lipinski definition) is 1. The molecular weight excluding hydrogens is 194 g/mol. The van der Waals surface area contributed by atoms with Gasteiger partial charge in [-0.2, -0.15) is 5.48 Å². The van der Waals surface area contributed by atoms with E-state index in [2.05, 4.69) is 10.3 Å². The molecule has 80 valence electrons. The summed E-state index contributed by atoms with van der Waals surface area (Å²) in [6.07, 6.45) is 0.754. The van der Waals surface area contributed by atoms with Gasteiger partial charge in [-0.25, -0.2) is 0 Å². The van der Waals surface area contributed by atoms with Gasteiger partial charge in [0.05, 0.1) is 0 Å². The molecule has 0 saturated carbocycles. The van der Waals surface area contributed by atoms with Crippen LogP contribution in [0, 0.1) is 0 Å². The highest BCUT2D eigenvalue weighted by Crippen LogP contribution is 2.08. The van der Waals surface area contributed by atoms with Gasteiger partial charge in [-0.05, 0) is 18.1 Å². The van der Waals surface area contributed by atoms with E-state index >= 15 is 0 Å². The fourth-order valence-corrected chi connectivity index (χ4v) is 1.22. The van der Waals surface area contributed by atoms with Crippen LogP contribution in [0.15, 0.2) is 24.3 Å². The van der Waals surface area contributed by atoms with E-state index in [0.29, 0.717) is 5.56 Å². The summed E-state index contributed by atoms with van der Waals surface area (Å²) in [4.78, 5) is 26.5. The lowest BCUT2D eigenvalue weighted by Crippen LogP contribution is -2.26. The topological polar surface area (TPSA) is 55.4 Å². The predicted octanol–water partition coefficient (Wildman–Crippen LogP) is 1.46. The van der Waals surface area contributed by atoms with Crippen LogP contribution in [-0.2, 0) is 16.1 Å². The number of rotatable bonds is 2. The van der Waals surface area contributed by atoms with Gasteiger partial charge in [-0.1, -0.05) is 25.1 Å². The Balaban J connectivity index is 2.77. The van der Waals surface area contributed by atoms with Crippen LogP contribution in [0.4, 0.5) is 0 Å². The predicted molar refractivity (Wildman–Crippen MR) is 55.1 cm³/mol. The van der Waals surface area contributed by atoms with Gasteiger partial charge in [-0.3, -0.25) is 9.59 Å². The third-order valence-corrected chi connectivity index (χ3v) is 1.93. The maximum Gasteiger partial charge on any atom is 0.329 e. The summed E-state index contributed by atoms with van der Waals surface area (Å²) in [5, 5.41) is 0. The summed E-state index contributed by atoms with van der Waals surface area (Å²) >= 11 is 0. The summed E-state index contributed by atoms with van der Waals surface area (Å²) in [6, 6.07) is 7.18. The van der Waals surface area contributed by atoms with Gasteiger partial charge in [0, 0.05) is 12.5 Å². The fraction of sp³-hybridized carbons (Fsp3) is 0.273. The lowest BCUT2D eigenvalue weighted by molar-refractivity contribution is -0.146. The smallest absolute Gasteiger partial charge is 0.329 e. The Morgan fingerprint density at radius 2 is 2.00 bits per heavy atom. The van der Waals surface area contributed by atoms with Crippen LogP contribution >= 0.6 is 0 Å². The molecule has 0 atom stereocenters. The second-order valence-corrected chi connectivity index (χ2v) is 3.04. The van der Waals surface area contributed by atoms with Crippen molar-refractivity contribution in [2.45, 2.75) is 20.3 Å². The van der Waals surface area contributed by atoms with Crippen molar-refractivity contribution < 1.29 is 14.4 Å². The number of hydroxylamine groups is 1. The first-order valence-electron chi connectivity index (χ1n) is 4.70. The monoisotopic (exact) mass is 207 g/mol. The van der Waals surface area contributed by atoms with E-state index in [1.54, 1.807) is 12.1 Å². The Kier molecular flexibility index (Phi) is 3.85. The van der Waals surface area contributed by atoms with E-state index in [1.165, 1.54) is 6.92 Å². The first kappa shape index (κ1) is 11.2. The van der Waals surface area contributed by atoms with Crippen molar-refractivity contribution in [3.05, 3.63) is 35.4 Å². The largest absolute Gasteiger partial charge is 0.341 e. The lowest BCUT2D eigenvalue weighted by Gasteiger charge is -2.07. The Bertz CT molecular complexity index is 374. The molecule has 15 heavy (non-hydrogen) atoms. The van der Waals surface area contributed by atoms with Gasteiger partial charge in [0.1, 0.15) is 0 Å². The molecule has 4 nitrogen and oxygen atoms in total. The molecule has 1 aromatic carbocycles. The zero-order valence-electron chi connectivity index (χ0n) is 8.74. The third-order valence-electron chi connectivity index (χ3n) is 1.93. The second kappa shape index (κ2) is 5.14. The van der Waals surface area contributed by atoms with Crippen molar-refractivity contribution >= 4 is 11.9 Å². The Morgan fingerprint density at radius 3 is 2.60 bits per heavy atom. The van der Waals surface area contributed by atoms with Gasteiger partial charge >= 0.3 is 5.97 Å². The molecule has 0 aliphatic carbocycles. The third kappa shape index (κ3) is 3.09. The van der Waals surface area contributed by atoms with Crippen LogP contribution in [0.25, 0.3) is 0 Å².